The first-order chi connectivity index (χ1) is 14.0. The number of anilines is 1. The van der Waals surface area contributed by atoms with Crippen LogP contribution in [0.3, 0.4) is 0 Å². The molecule has 1 aliphatic rings. The molecule has 29 heavy (non-hydrogen) atoms. The molecular weight excluding hydrogens is 390 g/mol. The Labute approximate surface area is 176 Å². The normalized spacial score (nSPS) is 14.2. The fourth-order valence-electron chi connectivity index (χ4n) is 3.12. The monoisotopic (exact) mass is 415 g/mol. The zero-order valence-electron chi connectivity index (χ0n) is 16.8. The molecule has 0 unspecified atom stereocenters. The van der Waals surface area contributed by atoms with Crippen molar-refractivity contribution in [3.8, 4) is 0 Å². The lowest BCUT2D eigenvalue weighted by molar-refractivity contribution is 0.0746. The van der Waals surface area contributed by atoms with Crippen molar-refractivity contribution < 1.29 is 9.59 Å². The number of carbonyl (C=O) groups is 2. The summed E-state index contributed by atoms with van der Waals surface area (Å²) in [6.45, 7) is 7.29. The van der Waals surface area contributed by atoms with E-state index in [4.69, 9.17) is 11.6 Å². The molecule has 0 saturated carbocycles. The number of hydrogen-bond donors (Lipinski definition) is 1. The van der Waals surface area contributed by atoms with Gasteiger partial charge < -0.3 is 15.1 Å². The van der Waals surface area contributed by atoms with Crippen molar-refractivity contribution in [1.29, 1.82) is 0 Å². The van der Waals surface area contributed by atoms with Gasteiger partial charge in [-0.1, -0.05) is 37.6 Å². The first-order valence-corrected chi connectivity index (χ1v) is 10.2. The highest BCUT2D eigenvalue weighted by Gasteiger charge is 2.24. The zero-order chi connectivity index (χ0) is 20.8. The SMILES string of the molecule is CC(C)CCNC(=O)c1ccc(N2CCN(C(=O)c3ccccc3Cl)CC2)nn1. The number of nitrogens with zero attached hydrogens (tertiary/aromatic N) is 4. The average Bonchev–Trinajstić information content (AvgIpc) is 2.73. The van der Waals surface area contributed by atoms with E-state index in [0.717, 1.165) is 6.42 Å². The first-order valence-electron chi connectivity index (χ1n) is 9.86. The third-order valence-corrected chi connectivity index (χ3v) is 5.22. The van der Waals surface area contributed by atoms with Crippen LogP contribution in [0.2, 0.25) is 5.02 Å². The largest absolute Gasteiger partial charge is 0.352 e. The number of rotatable bonds is 6. The van der Waals surface area contributed by atoms with Gasteiger partial charge in [0, 0.05) is 32.7 Å². The van der Waals surface area contributed by atoms with Gasteiger partial charge in [-0.15, -0.1) is 10.2 Å². The zero-order valence-corrected chi connectivity index (χ0v) is 17.5. The predicted octanol–water partition coefficient (Wildman–Crippen LogP) is 2.87. The lowest BCUT2D eigenvalue weighted by Crippen LogP contribution is -2.49. The second-order valence-corrected chi connectivity index (χ2v) is 7.88. The van der Waals surface area contributed by atoms with E-state index in [1.54, 1.807) is 29.2 Å². The summed E-state index contributed by atoms with van der Waals surface area (Å²) in [5.41, 5.74) is 0.834. The molecule has 8 heteroatoms. The number of piperazine rings is 1. The third kappa shape index (κ3) is 5.44. The molecule has 0 radical (unpaired) electrons. The predicted molar refractivity (Wildman–Crippen MR) is 113 cm³/mol. The number of carbonyl (C=O) groups excluding carboxylic acids is 2. The highest BCUT2D eigenvalue weighted by atomic mass is 35.5. The first kappa shape index (κ1) is 21.0. The minimum atomic E-state index is -0.208. The maximum Gasteiger partial charge on any atom is 0.271 e. The fraction of sp³-hybridized carbons (Fsp3) is 0.429. The van der Waals surface area contributed by atoms with Crippen LogP contribution in [0.25, 0.3) is 0 Å². The average molecular weight is 416 g/mol. The Balaban J connectivity index is 1.54. The molecule has 2 amide bonds. The number of amides is 2. The number of nitrogens with one attached hydrogen (secondary N) is 1. The van der Waals surface area contributed by atoms with E-state index in [1.807, 2.05) is 12.1 Å². The van der Waals surface area contributed by atoms with Crippen LogP contribution in [0, 0.1) is 5.92 Å². The Bertz CT molecular complexity index is 848. The van der Waals surface area contributed by atoms with Gasteiger partial charge in [0.25, 0.3) is 11.8 Å². The molecule has 1 aromatic carbocycles. The summed E-state index contributed by atoms with van der Waals surface area (Å²) in [6.07, 6.45) is 0.925. The molecule has 3 rings (SSSR count). The Morgan fingerprint density at radius 3 is 2.41 bits per heavy atom. The molecule has 1 saturated heterocycles. The quantitative estimate of drug-likeness (QED) is 0.784. The Kier molecular flexibility index (Phi) is 7.04. The summed E-state index contributed by atoms with van der Waals surface area (Å²) >= 11 is 6.14. The summed E-state index contributed by atoms with van der Waals surface area (Å²) in [5, 5.41) is 11.6. The highest BCUT2D eigenvalue weighted by molar-refractivity contribution is 6.33. The molecule has 0 aliphatic carbocycles. The van der Waals surface area contributed by atoms with Gasteiger partial charge in [0.1, 0.15) is 0 Å². The molecule has 0 atom stereocenters. The van der Waals surface area contributed by atoms with E-state index in [2.05, 4.69) is 34.3 Å². The van der Waals surface area contributed by atoms with Gasteiger partial charge >= 0.3 is 0 Å². The van der Waals surface area contributed by atoms with Crippen LogP contribution in [0.5, 0.6) is 0 Å². The van der Waals surface area contributed by atoms with Crippen molar-refractivity contribution in [2.24, 2.45) is 5.92 Å². The molecule has 154 valence electrons. The third-order valence-electron chi connectivity index (χ3n) is 4.89. The molecule has 1 fully saturated rings. The van der Waals surface area contributed by atoms with E-state index in [0.29, 0.717) is 60.7 Å². The van der Waals surface area contributed by atoms with Gasteiger partial charge in [0.15, 0.2) is 11.5 Å². The molecule has 1 aromatic heterocycles. The van der Waals surface area contributed by atoms with Crippen LogP contribution in [0.4, 0.5) is 5.82 Å². The van der Waals surface area contributed by atoms with Crippen molar-refractivity contribution in [2.45, 2.75) is 20.3 Å². The maximum absolute atomic E-state index is 12.7. The molecule has 1 aliphatic heterocycles. The van der Waals surface area contributed by atoms with Crippen LogP contribution in [-0.4, -0.2) is 59.6 Å². The maximum atomic E-state index is 12.7. The van der Waals surface area contributed by atoms with Gasteiger partial charge in [-0.05, 0) is 36.6 Å². The summed E-state index contributed by atoms with van der Waals surface area (Å²) in [7, 11) is 0. The van der Waals surface area contributed by atoms with Gasteiger partial charge in [-0.3, -0.25) is 9.59 Å². The highest BCUT2D eigenvalue weighted by Crippen LogP contribution is 2.19. The Morgan fingerprint density at radius 1 is 1.07 bits per heavy atom. The molecule has 7 nitrogen and oxygen atoms in total. The molecule has 1 N–H and O–H groups in total. The van der Waals surface area contributed by atoms with Crippen LogP contribution in [-0.2, 0) is 0 Å². The molecule has 0 spiro atoms. The smallest absolute Gasteiger partial charge is 0.271 e. The number of benzene rings is 1. The molecule has 2 aromatic rings. The van der Waals surface area contributed by atoms with E-state index in [-0.39, 0.29) is 11.8 Å². The lowest BCUT2D eigenvalue weighted by atomic mass is 10.1. The fourth-order valence-corrected chi connectivity index (χ4v) is 3.34. The van der Waals surface area contributed by atoms with Crippen LogP contribution in [0.15, 0.2) is 36.4 Å². The van der Waals surface area contributed by atoms with E-state index >= 15 is 0 Å². The second-order valence-electron chi connectivity index (χ2n) is 7.47. The Hall–Kier alpha value is -2.67. The van der Waals surface area contributed by atoms with E-state index in [9.17, 15) is 9.59 Å². The molecule has 2 heterocycles. The second kappa shape index (κ2) is 9.69. The topological polar surface area (TPSA) is 78.4 Å². The summed E-state index contributed by atoms with van der Waals surface area (Å²) < 4.78 is 0. The van der Waals surface area contributed by atoms with Crippen molar-refractivity contribution in [3.05, 3.63) is 52.7 Å². The lowest BCUT2D eigenvalue weighted by Gasteiger charge is -2.35. The van der Waals surface area contributed by atoms with Crippen molar-refractivity contribution in [1.82, 2.24) is 20.4 Å². The van der Waals surface area contributed by atoms with Crippen LogP contribution < -0.4 is 10.2 Å². The minimum Gasteiger partial charge on any atom is -0.352 e. The van der Waals surface area contributed by atoms with E-state index in [1.165, 1.54) is 0 Å². The van der Waals surface area contributed by atoms with Gasteiger partial charge in [-0.25, -0.2) is 0 Å². The molecular formula is C21H26ClN5O2. The van der Waals surface area contributed by atoms with Crippen molar-refractivity contribution in [2.75, 3.05) is 37.6 Å². The standard InChI is InChI=1S/C21H26ClN5O2/c1-15(2)9-10-23-20(28)18-7-8-19(25-24-18)26-11-13-27(14-12-26)21(29)16-5-3-4-6-17(16)22/h3-8,15H,9-14H2,1-2H3,(H,23,28). The molecule has 0 bridgehead atoms. The van der Waals surface area contributed by atoms with Crippen molar-refractivity contribution in [3.63, 3.8) is 0 Å². The summed E-state index contributed by atoms with van der Waals surface area (Å²) in [6, 6.07) is 10.6. The Morgan fingerprint density at radius 2 is 1.79 bits per heavy atom. The minimum absolute atomic E-state index is 0.0604. The van der Waals surface area contributed by atoms with Gasteiger partial charge in [0.05, 0.1) is 10.6 Å². The van der Waals surface area contributed by atoms with Crippen molar-refractivity contribution >= 4 is 29.2 Å². The summed E-state index contributed by atoms with van der Waals surface area (Å²) in [5.74, 6) is 0.968. The van der Waals surface area contributed by atoms with Gasteiger partial charge in [0.2, 0.25) is 0 Å². The van der Waals surface area contributed by atoms with Gasteiger partial charge in [-0.2, -0.15) is 0 Å². The number of halogens is 1. The van der Waals surface area contributed by atoms with E-state index < -0.39 is 0 Å². The number of hydrogen-bond acceptors (Lipinski definition) is 5. The summed E-state index contributed by atoms with van der Waals surface area (Å²) in [4.78, 5) is 28.6. The number of aromatic nitrogens is 2. The van der Waals surface area contributed by atoms with Crippen LogP contribution in [0.1, 0.15) is 41.1 Å². The van der Waals surface area contributed by atoms with Crippen LogP contribution >= 0.6 is 11.6 Å².